The predicted octanol–water partition coefficient (Wildman–Crippen LogP) is 3.08. The lowest BCUT2D eigenvalue weighted by Gasteiger charge is -2.25. The van der Waals surface area contributed by atoms with Crippen molar-refractivity contribution in [3.8, 4) is 0 Å². The van der Waals surface area contributed by atoms with Crippen LogP contribution in [0.4, 0.5) is 0 Å². The quantitative estimate of drug-likeness (QED) is 0.650. The number of hydrogen-bond acceptors (Lipinski definition) is 3. The van der Waals surface area contributed by atoms with E-state index >= 15 is 0 Å². The molecule has 2 unspecified atom stereocenters. The first-order valence-electron chi connectivity index (χ1n) is 6.89. The van der Waals surface area contributed by atoms with Gasteiger partial charge in [0.25, 0.3) is 0 Å². The minimum Gasteiger partial charge on any atom is -0.313 e. The van der Waals surface area contributed by atoms with Crippen LogP contribution in [-0.4, -0.2) is 49.1 Å². The molecule has 0 rings (SSSR count). The molecule has 0 spiro atoms. The average Bonchev–Trinajstić information content (AvgIpc) is 2.26. The second-order valence-corrected chi connectivity index (χ2v) is 6.52. The van der Waals surface area contributed by atoms with Crippen LogP contribution in [0.15, 0.2) is 0 Å². The summed E-state index contributed by atoms with van der Waals surface area (Å²) in [6, 6.07) is 1.33. The Morgan fingerprint density at radius 1 is 1.12 bits per heavy atom. The maximum absolute atomic E-state index is 3.62. The van der Waals surface area contributed by atoms with Gasteiger partial charge in [-0.1, -0.05) is 13.8 Å². The average molecular weight is 260 g/mol. The highest BCUT2D eigenvalue weighted by Crippen LogP contribution is 2.06. The van der Waals surface area contributed by atoms with Gasteiger partial charge < -0.3 is 10.2 Å². The monoisotopic (exact) mass is 260 g/mol. The Hall–Kier alpha value is 0.270. The van der Waals surface area contributed by atoms with E-state index in [4.69, 9.17) is 0 Å². The standard InChI is InChI=1S/C14H32N2S/c1-12(2)7-8-13(3)15-9-10-16(5)14(4)11-17-6/h12-15H,7-11H2,1-6H3. The molecule has 0 saturated heterocycles. The summed E-state index contributed by atoms with van der Waals surface area (Å²) >= 11 is 1.93. The lowest BCUT2D eigenvalue weighted by molar-refractivity contribution is 0.271. The van der Waals surface area contributed by atoms with Crippen molar-refractivity contribution in [2.45, 2.75) is 52.6 Å². The van der Waals surface area contributed by atoms with Gasteiger partial charge in [-0.3, -0.25) is 0 Å². The zero-order chi connectivity index (χ0) is 13.3. The molecule has 0 amide bonds. The minimum absolute atomic E-state index is 0.654. The molecule has 0 aliphatic carbocycles. The SMILES string of the molecule is CSCC(C)N(C)CCNC(C)CCC(C)C. The van der Waals surface area contributed by atoms with E-state index in [2.05, 4.69) is 51.2 Å². The van der Waals surface area contributed by atoms with E-state index in [-0.39, 0.29) is 0 Å². The summed E-state index contributed by atoms with van der Waals surface area (Å²) in [5.41, 5.74) is 0. The van der Waals surface area contributed by atoms with Gasteiger partial charge in [0.2, 0.25) is 0 Å². The number of hydrogen-bond donors (Lipinski definition) is 1. The van der Waals surface area contributed by atoms with E-state index in [1.807, 2.05) is 11.8 Å². The van der Waals surface area contributed by atoms with Crippen LogP contribution < -0.4 is 5.32 Å². The van der Waals surface area contributed by atoms with Gasteiger partial charge in [-0.25, -0.2) is 0 Å². The zero-order valence-electron chi connectivity index (χ0n) is 12.6. The van der Waals surface area contributed by atoms with Crippen molar-refractivity contribution in [3.63, 3.8) is 0 Å². The Bertz CT molecular complexity index is 174. The van der Waals surface area contributed by atoms with Gasteiger partial charge in [-0.05, 0) is 45.9 Å². The van der Waals surface area contributed by atoms with Crippen molar-refractivity contribution in [2.75, 3.05) is 32.1 Å². The molecule has 0 heterocycles. The fourth-order valence-corrected chi connectivity index (χ4v) is 2.50. The number of nitrogens with one attached hydrogen (secondary N) is 1. The molecule has 2 atom stereocenters. The Morgan fingerprint density at radius 3 is 2.29 bits per heavy atom. The molecule has 2 nitrogen and oxygen atoms in total. The molecule has 0 aliphatic heterocycles. The molecule has 3 heteroatoms. The van der Waals surface area contributed by atoms with Gasteiger partial charge in [-0.2, -0.15) is 11.8 Å². The molecule has 0 aliphatic rings. The summed E-state index contributed by atoms with van der Waals surface area (Å²) < 4.78 is 0. The van der Waals surface area contributed by atoms with E-state index in [0.717, 1.165) is 19.0 Å². The lowest BCUT2D eigenvalue weighted by Crippen LogP contribution is -2.39. The highest BCUT2D eigenvalue weighted by Gasteiger charge is 2.08. The van der Waals surface area contributed by atoms with Crippen molar-refractivity contribution >= 4 is 11.8 Å². The third-order valence-corrected chi connectivity index (χ3v) is 4.11. The van der Waals surface area contributed by atoms with E-state index in [0.29, 0.717) is 12.1 Å². The van der Waals surface area contributed by atoms with Crippen LogP contribution in [-0.2, 0) is 0 Å². The maximum Gasteiger partial charge on any atom is 0.0155 e. The number of rotatable bonds is 10. The Balaban J connectivity index is 3.54. The first-order chi connectivity index (χ1) is 7.97. The molecule has 0 fully saturated rings. The number of likely N-dealkylation sites (N-methyl/N-ethyl adjacent to an activating group) is 1. The fraction of sp³-hybridized carbons (Fsp3) is 1.00. The molecular formula is C14H32N2S. The van der Waals surface area contributed by atoms with Crippen LogP contribution in [0.2, 0.25) is 0 Å². The second kappa shape index (κ2) is 10.2. The van der Waals surface area contributed by atoms with Crippen LogP contribution >= 0.6 is 11.8 Å². The Morgan fingerprint density at radius 2 is 1.76 bits per heavy atom. The van der Waals surface area contributed by atoms with E-state index in [1.165, 1.54) is 18.6 Å². The summed E-state index contributed by atoms with van der Waals surface area (Å²) in [5.74, 6) is 2.04. The van der Waals surface area contributed by atoms with Gasteiger partial charge in [-0.15, -0.1) is 0 Å². The van der Waals surface area contributed by atoms with Crippen LogP contribution in [0.5, 0.6) is 0 Å². The van der Waals surface area contributed by atoms with Crippen molar-refractivity contribution in [3.05, 3.63) is 0 Å². The third kappa shape index (κ3) is 9.93. The predicted molar refractivity (Wildman–Crippen MR) is 82.0 cm³/mol. The van der Waals surface area contributed by atoms with Crippen LogP contribution in [0, 0.1) is 5.92 Å². The molecule has 0 aromatic heterocycles. The first-order valence-corrected chi connectivity index (χ1v) is 8.29. The maximum atomic E-state index is 3.62. The normalized spacial score (nSPS) is 15.5. The van der Waals surface area contributed by atoms with Gasteiger partial charge in [0.1, 0.15) is 0 Å². The third-order valence-electron chi connectivity index (χ3n) is 3.29. The van der Waals surface area contributed by atoms with Gasteiger partial charge in [0.15, 0.2) is 0 Å². The topological polar surface area (TPSA) is 15.3 Å². The first kappa shape index (κ1) is 17.3. The molecule has 0 saturated carbocycles. The Kier molecular flexibility index (Phi) is 10.4. The van der Waals surface area contributed by atoms with Crippen LogP contribution in [0.1, 0.15) is 40.5 Å². The van der Waals surface area contributed by atoms with Crippen molar-refractivity contribution < 1.29 is 0 Å². The highest BCUT2D eigenvalue weighted by atomic mass is 32.2. The van der Waals surface area contributed by atoms with Crippen molar-refractivity contribution in [2.24, 2.45) is 5.92 Å². The van der Waals surface area contributed by atoms with Crippen LogP contribution in [0.3, 0.4) is 0 Å². The molecule has 0 aromatic rings. The summed E-state index contributed by atoms with van der Waals surface area (Å²) in [4.78, 5) is 2.44. The molecule has 1 N–H and O–H groups in total. The largest absolute Gasteiger partial charge is 0.313 e. The molecule has 0 bridgehead atoms. The number of thioether (sulfide) groups is 1. The second-order valence-electron chi connectivity index (χ2n) is 5.61. The van der Waals surface area contributed by atoms with Crippen molar-refractivity contribution in [1.82, 2.24) is 10.2 Å². The fourth-order valence-electron chi connectivity index (χ4n) is 1.76. The van der Waals surface area contributed by atoms with Crippen molar-refractivity contribution in [1.29, 1.82) is 0 Å². The molecule has 17 heavy (non-hydrogen) atoms. The molecule has 0 aromatic carbocycles. The van der Waals surface area contributed by atoms with Gasteiger partial charge >= 0.3 is 0 Å². The van der Waals surface area contributed by atoms with E-state index in [1.54, 1.807) is 0 Å². The minimum atomic E-state index is 0.654. The summed E-state index contributed by atoms with van der Waals surface area (Å²) in [6.07, 6.45) is 4.80. The zero-order valence-corrected chi connectivity index (χ0v) is 13.4. The highest BCUT2D eigenvalue weighted by molar-refractivity contribution is 7.98. The van der Waals surface area contributed by atoms with Gasteiger partial charge in [0.05, 0.1) is 0 Å². The van der Waals surface area contributed by atoms with Crippen LogP contribution in [0.25, 0.3) is 0 Å². The summed E-state index contributed by atoms with van der Waals surface area (Å²) in [7, 11) is 2.22. The smallest absolute Gasteiger partial charge is 0.0155 e. The van der Waals surface area contributed by atoms with E-state index in [9.17, 15) is 0 Å². The Labute approximate surface area is 113 Å². The van der Waals surface area contributed by atoms with Gasteiger partial charge in [0, 0.05) is 30.9 Å². The van der Waals surface area contributed by atoms with E-state index < -0.39 is 0 Å². The summed E-state index contributed by atoms with van der Waals surface area (Å²) in [6.45, 7) is 11.4. The molecule has 0 radical (unpaired) electrons. The lowest BCUT2D eigenvalue weighted by atomic mass is 10.0. The number of nitrogens with zero attached hydrogens (tertiary/aromatic N) is 1. The molecule has 104 valence electrons. The molecular weight excluding hydrogens is 228 g/mol. The summed E-state index contributed by atoms with van der Waals surface area (Å²) in [5, 5.41) is 3.62.